The third kappa shape index (κ3) is 3.54. The monoisotopic (exact) mass is 353 g/mol. The molecule has 3 rings (SSSR count). The Morgan fingerprint density at radius 3 is 2.85 bits per heavy atom. The van der Waals surface area contributed by atoms with E-state index in [1.807, 2.05) is 24.3 Å². The van der Waals surface area contributed by atoms with E-state index in [9.17, 15) is 9.59 Å². The van der Waals surface area contributed by atoms with Crippen molar-refractivity contribution in [2.24, 2.45) is 0 Å². The maximum Gasteiger partial charge on any atom is 0.266 e. The summed E-state index contributed by atoms with van der Waals surface area (Å²) in [7, 11) is 0. The van der Waals surface area contributed by atoms with E-state index < -0.39 is 5.56 Å². The van der Waals surface area contributed by atoms with Gasteiger partial charge in [0.05, 0.1) is 0 Å². The predicted octanol–water partition coefficient (Wildman–Crippen LogP) is 1.84. The zero-order valence-electron chi connectivity index (χ0n) is 14.6. The maximum absolute atomic E-state index is 12.2. The standard InChI is InChI=1S/C19H19N3O4/c1-11-14(12(2)22-19(24)15(11)8-20)4-6-18(23)21-9-13-3-5-16-17(7-13)26-10-25-16/h3,5,7H,4,6,9-10H2,1-2H3,(H,21,23)(H,22,24). The molecule has 0 atom stereocenters. The molecule has 1 amide bonds. The van der Waals surface area contributed by atoms with E-state index in [2.05, 4.69) is 10.3 Å². The van der Waals surface area contributed by atoms with Crippen LogP contribution in [0.15, 0.2) is 23.0 Å². The lowest BCUT2D eigenvalue weighted by Gasteiger charge is -2.11. The number of aromatic amines is 1. The van der Waals surface area contributed by atoms with E-state index in [0.717, 1.165) is 11.1 Å². The lowest BCUT2D eigenvalue weighted by molar-refractivity contribution is -0.121. The van der Waals surface area contributed by atoms with Gasteiger partial charge < -0.3 is 19.8 Å². The Morgan fingerprint density at radius 2 is 2.08 bits per heavy atom. The van der Waals surface area contributed by atoms with Crippen LogP contribution in [0.4, 0.5) is 0 Å². The van der Waals surface area contributed by atoms with Gasteiger partial charge in [0.2, 0.25) is 12.7 Å². The molecule has 0 spiro atoms. The number of fused-ring (bicyclic) bond motifs is 1. The largest absolute Gasteiger partial charge is 0.454 e. The van der Waals surface area contributed by atoms with Crippen LogP contribution in [0.5, 0.6) is 11.5 Å². The smallest absolute Gasteiger partial charge is 0.266 e. The molecule has 7 nitrogen and oxygen atoms in total. The summed E-state index contributed by atoms with van der Waals surface area (Å²) in [6, 6.07) is 7.46. The van der Waals surface area contributed by atoms with Gasteiger partial charge in [-0.15, -0.1) is 0 Å². The molecular weight excluding hydrogens is 334 g/mol. The van der Waals surface area contributed by atoms with E-state index >= 15 is 0 Å². The Hall–Kier alpha value is -3.27. The maximum atomic E-state index is 12.2. The molecule has 1 aliphatic heterocycles. The van der Waals surface area contributed by atoms with Gasteiger partial charge >= 0.3 is 0 Å². The molecule has 7 heteroatoms. The number of amides is 1. The average molecular weight is 353 g/mol. The molecule has 0 radical (unpaired) electrons. The zero-order chi connectivity index (χ0) is 18.7. The molecule has 0 aliphatic carbocycles. The van der Waals surface area contributed by atoms with E-state index in [1.54, 1.807) is 13.8 Å². The van der Waals surface area contributed by atoms with Crippen molar-refractivity contribution in [3.8, 4) is 17.6 Å². The van der Waals surface area contributed by atoms with Crippen molar-refractivity contribution in [1.29, 1.82) is 5.26 Å². The van der Waals surface area contributed by atoms with Crippen LogP contribution >= 0.6 is 0 Å². The van der Waals surface area contributed by atoms with Gasteiger partial charge in [-0.2, -0.15) is 5.26 Å². The first-order chi connectivity index (χ1) is 12.5. The number of nitriles is 1. The molecule has 1 aromatic carbocycles. The Morgan fingerprint density at radius 1 is 1.31 bits per heavy atom. The molecule has 0 fully saturated rings. The Balaban J connectivity index is 1.60. The number of ether oxygens (including phenoxy) is 2. The van der Waals surface area contributed by atoms with Crippen LogP contribution in [-0.2, 0) is 17.8 Å². The second kappa shape index (κ2) is 7.31. The molecule has 0 bridgehead atoms. The van der Waals surface area contributed by atoms with Crippen molar-refractivity contribution in [2.75, 3.05) is 6.79 Å². The summed E-state index contributed by atoms with van der Waals surface area (Å²) in [4.78, 5) is 26.6. The highest BCUT2D eigenvalue weighted by atomic mass is 16.7. The highest BCUT2D eigenvalue weighted by Crippen LogP contribution is 2.32. The zero-order valence-corrected chi connectivity index (χ0v) is 14.6. The van der Waals surface area contributed by atoms with Gasteiger partial charge in [-0.1, -0.05) is 6.07 Å². The van der Waals surface area contributed by atoms with Gasteiger partial charge in [-0.05, 0) is 49.1 Å². The SMILES string of the molecule is Cc1[nH]c(=O)c(C#N)c(C)c1CCC(=O)NCc1ccc2c(c1)OCO2. The van der Waals surface area contributed by atoms with Crippen molar-refractivity contribution >= 4 is 5.91 Å². The molecule has 26 heavy (non-hydrogen) atoms. The summed E-state index contributed by atoms with van der Waals surface area (Å²) in [5, 5.41) is 12.0. The minimum absolute atomic E-state index is 0.103. The van der Waals surface area contributed by atoms with Gasteiger partial charge in [-0.25, -0.2) is 0 Å². The fraction of sp³-hybridized carbons (Fsp3) is 0.316. The minimum Gasteiger partial charge on any atom is -0.454 e. The van der Waals surface area contributed by atoms with Gasteiger partial charge in [-0.3, -0.25) is 9.59 Å². The number of aromatic nitrogens is 1. The molecule has 0 unspecified atom stereocenters. The lowest BCUT2D eigenvalue weighted by atomic mass is 9.99. The highest BCUT2D eigenvalue weighted by molar-refractivity contribution is 5.76. The Labute approximate surface area is 150 Å². The summed E-state index contributed by atoms with van der Waals surface area (Å²) in [5.41, 5.74) is 2.79. The van der Waals surface area contributed by atoms with E-state index in [1.165, 1.54) is 0 Å². The third-order valence-electron chi connectivity index (χ3n) is 4.45. The number of hydrogen-bond acceptors (Lipinski definition) is 5. The van der Waals surface area contributed by atoms with Crippen LogP contribution in [0.25, 0.3) is 0 Å². The van der Waals surface area contributed by atoms with Crippen LogP contribution in [-0.4, -0.2) is 17.7 Å². The van der Waals surface area contributed by atoms with Crippen molar-refractivity contribution in [2.45, 2.75) is 33.2 Å². The summed E-state index contributed by atoms with van der Waals surface area (Å²) < 4.78 is 10.6. The number of carbonyl (C=O) groups is 1. The van der Waals surface area contributed by atoms with Crippen molar-refractivity contribution in [3.05, 3.63) is 56.5 Å². The average Bonchev–Trinajstić information content (AvgIpc) is 3.07. The summed E-state index contributed by atoms with van der Waals surface area (Å²) in [6.45, 7) is 4.12. The summed E-state index contributed by atoms with van der Waals surface area (Å²) in [6.07, 6.45) is 0.721. The fourth-order valence-electron chi connectivity index (χ4n) is 3.00. The van der Waals surface area contributed by atoms with Gasteiger partial charge in [0.15, 0.2) is 11.5 Å². The molecule has 0 saturated heterocycles. The van der Waals surface area contributed by atoms with Crippen LogP contribution in [0, 0.1) is 25.2 Å². The van der Waals surface area contributed by atoms with Crippen molar-refractivity contribution in [3.63, 3.8) is 0 Å². The first-order valence-electron chi connectivity index (χ1n) is 8.27. The first kappa shape index (κ1) is 17.5. The van der Waals surface area contributed by atoms with Gasteiger partial charge in [0.1, 0.15) is 11.6 Å². The van der Waals surface area contributed by atoms with E-state index in [-0.39, 0.29) is 24.7 Å². The number of aryl methyl sites for hydroxylation is 1. The summed E-state index contributed by atoms with van der Waals surface area (Å²) in [5.74, 6) is 1.28. The first-order valence-corrected chi connectivity index (χ1v) is 8.27. The molecule has 2 heterocycles. The number of nitrogens with one attached hydrogen (secondary N) is 2. The van der Waals surface area contributed by atoms with E-state index in [0.29, 0.717) is 35.7 Å². The third-order valence-corrected chi connectivity index (χ3v) is 4.45. The predicted molar refractivity (Wildman–Crippen MR) is 94.0 cm³/mol. The molecule has 0 saturated carbocycles. The normalized spacial score (nSPS) is 11.9. The van der Waals surface area contributed by atoms with Crippen molar-refractivity contribution < 1.29 is 14.3 Å². The molecule has 1 aromatic heterocycles. The van der Waals surface area contributed by atoms with Gasteiger partial charge in [0, 0.05) is 18.7 Å². The Bertz CT molecular complexity index is 956. The highest BCUT2D eigenvalue weighted by Gasteiger charge is 2.15. The number of carbonyl (C=O) groups excluding carboxylic acids is 1. The number of pyridine rings is 1. The van der Waals surface area contributed by atoms with Crippen LogP contribution < -0.4 is 20.3 Å². The number of hydrogen-bond donors (Lipinski definition) is 2. The van der Waals surface area contributed by atoms with Crippen LogP contribution in [0.3, 0.4) is 0 Å². The second-order valence-corrected chi connectivity index (χ2v) is 6.13. The van der Waals surface area contributed by atoms with Gasteiger partial charge in [0.25, 0.3) is 5.56 Å². The fourth-order valence-corrected chi connectivity index (χ4v) is 3.00. The minimum atomic E-state index is -0.390. The quantitative estimate of drug-likeness (QED) is 0.853. The molecule has 2 aromatic rings. The van der Waals surface area contributed by atoms with E-state index in [4.69, 9.17) is 14.7 Å². The number of benzene rings is 1. The lowest BCUT2D eigenvalue weighted by Crippen LogP contribution is -2.24. The number of H-pyrrole nitrogens is 1. The second-order valence-electron chi connectivity index (χ2n) is 6.13. The van der Waals surface area contributed by atoms with Crippen molar-refractivity contribution in [1.82, 2.24) is 10.3 Å². The topological polar surface area (TPSA) is 104 Å². The number of nitrogens with zero attached hydrogens (tertiary/aromatic N) is 1. The summed E-state index contributed by atoms with van der Waals surface area (Å²) >= 11 is 0. The molecule has 134 valence electrons. The van der Waals surface area contributed by atoms with Crippen LogP contribution in [0.2, 0.25) is 0 Å². The Kier molecular flexibility index (Phi) is 4.94. The number of rotatable bonds is 5. The van der Waals surface area contributed by atoms with Crippen LogP contribution in [0.1, 0.15) is 34.4 Å². The molecule has 1 aliphatic rings. The molecule has 2 N–H and O–H groups in total. The molecular formula is C19H19N3O4.